The molecule has 17 aliphatic heterocycles. The van der Waals surface area contributed by atoms with Gasteiger partial charge in [0, 0.05) is 0 Å². The van der Waals surface area contributed by atoms with E-state index in [1.165, 1.54) is 0 Å². The maximum Gasteiger partial charge on any atom is 0.187 e. The topological polar surface area (TPSA) is 554 Å². The van der Waals surface area contributed by atoms with E-state index in [9.17, 15) is 107 Å². The summed E-state index contributed by atoms with van der Waals surface area (Å²) in [4.78, 5) is 0. The van der Waals surface area contributed by atoms with Gasteiger partial charge in [0.05, 0.1) is 59.5 Å². The Morgan fingerprint density at radius 1 is 0.169 bits per heavy atom. The Balaban J connectivity index is 1.17. The van der Waals surface area contributed by atoms with Gasteiger partial charge in [0.25, 0.3) is 0 Å². The third-order valence-electron chi connectivity index (χ3n) is 14.2. The molecular formula is C42H72O35. The molecule has 0 spiro atoms. The summed E-state index contributed by atoms with van der Waals surface area (Å²) in [6.45, 7) is -9.49. The molecule has 0 aliphatic carbocycles. The molecular weight excluding hydrogens is 1060 g/mol. The molecule has 33 atom stereocenters. The Morgan fingerprint density at radius 3 is 0.532 bits per heavy atom. The van der Waals surface area contributed by atoms with Gasteiger partial charge < -0.3 is 174 Å². The number of rotatable bonds is 9. The highest BCUT2D eigenvalue weighted by Gasteiger charge is 2.58. The molecule has 21 N–H and O–H groups in total. The summed E-state index contributed by atoms with van der Waals surface area (Å²) in [7, 11) is 0. The van der Waals surface area contributed by atoms with Crippen LogP contribution in [0, 0.1) is 0 Å². The lowest BCUT2D eigenvalue weighted by atomic mass is 9.95. The Hall–Kier alpha value is -1.40. The summed E-state index contributed by atoms with van der Waals surface area (Å²) >= 11 is 0. The Labute approximate surface area is 435 Å². The van der Waals surface area contributed by atoms with Gasteiger partial charge in [-0.05, 0) is 0 Å². The first-order valence-corrected chi connectivity index (χ1v) is 24.6. The van der Waals surface area contributed by atoms with Crippen molar-refractivity contribution in [3.8, 4) is 0 Å². The largest absolute Gasteiger partial charge is 0.394 e. The normalized spacial score (nSPS) is 52.9. The number of hydrogen-bond acceptors (Lipinski definition) is 35. The van der Waals surface area contributed by atoms with Crippen LogP contribution >= 0.6 is 0 Å². The van der Waals surface area contributed by atoms with E-state index in [1.54, 1.807) is 0 Å². The van der Waals surface area contributed by atoms with Crippen LogP contribution in [0.15, 0.2) is 0 Å². The van der Waals surface area contributed by atoms with Crippen LogP contribution < -0.4 is 0 Å². The highest BCUT2D eigenvalue weighted by molar-refractivity contribution is 5.00. The molecule has 450 valence electrons. The average molecular weight is 1140 g/mol. The van der Waals surface area contributed by atoms with Crippen LogP contribution in [0.25, 0.3) is 0 Å². The highest BCUT2D eigenvalue weighted by atomic mass is 16.8. The second-order valence-corrected chi connectivity index (χ2v) is 19.2. The van der Waals surface area contributed by atoms with E-state index in [4.69, 9.17) is 66.3 Å². The summed E-state index contributed by atoms with van der Waals surface area (Å²) in [5, 5.41) is 228. The van der Waals surface area contributed by atoms with E-state index >= 15 is 0 Å². The predicted octanol–water partition coefficient (Wildman–Crippen LogP) is -15.0. The number of hydrogen-bond donors (Lipinski definition) is 21. The second kappa shape index (κ2) is 27.8. The molecule has 77 heavy (non-hydrogen) atoms. The lowest BCUT2D eigenvalue weighted by Gasteiger charge is -2.50. The van der Waals surface area contributed by atoms with Crippen LogP contribution in [0.4, 0.5) is 0 Å². The summed E-state index contributed by atoms with van der Waals surface area (Å²) in [5.41, 5.74) is 0. The number of fused-ring (bicyclic) bond motifs is 1. The molecule has 17 aliphatic rings. The molecule has 0 saturated carbocycles. The first kappa shape index (κ1) is 63.2. The molecule has 17 saturated heterocycles. The van der Waals surface area contributed by atoms with Gasteiger partial charge in [-0.25, -0.2) is 0 Å². The third-order valence-corrected chi connectivity index (χ3v) is 14.2. The molecule has 0 amide bonds. The molecule has 0 aromatic heterocycles. The van der Waals surface area contributed by atoms with Crippen molar-refractivity contribution in [1.29, 1.82) is 0 Å². The van der Waals surface area contributed by atoms with Gasteiger partial charge in [0.1, 0.15) is 159 Å². The second-order valence-electron chi connectivity index (χ2n) is 19.2. The average Bonchev–Trinajstić information content (AvgIpc) is 3.44. The molecule has 12 bridgehead atoms. The zero-order valence-corrected chi connectivity index (χ0v) is 40.5. The van der Waals surface area contributed by atoms with E-state index in [1.807, 2.05) is 0 Å². The highest BCUT2D eigenvalue weighted by Crippen LogP contribution is 2.37. The fourth-order valence-corrected chi connectivity index (χ4v) is 9.93. The molecule has 0 radical (unpaired) electrons. The van der Waals surface area contributed by atoms with Crippen LogP contribution in [0.5, 0.6) is 0 Å². The minimum absolute atomic E-state index is 1.03. The fourth-order valence-electron chi connectivity index (χ4n) is 9.93. The minimum Gasteiger partial charge on any atom is -0.394 e. The molecule has 14 unspecified atom stereocenters. The van der Waals surface area contributed by atoms with Crippen molar-refractivity contribution in [3.05, 3.63) is 0 Å². The summed E-state index contributed by atoms with van der Waals surface area (Å²) in [6, 6.07) is 0. The van der Waals surface area contributed by atoms with Crippen molar-refractivity contribution >= 4 is 0 Å². The third kappa shape index (κ3) is 13.2. The zero-order chi connectivity index (χ0) is 56.3. The van der Waals surface area contributed by atoms with E-state index in [2.05, 4.69) is 0 Å². The maximum atomic E-state index is 11.3. The number of aliphatic hydroxyl groups is 21. The summed E-state index contributed by atoms with van der Waals surface area (Å²) in [6.07, 6.45) is -65.3. The Kier molecular flexibility index (Phi) is 22.8. The SMILES string of the molecule is OCC1O[C@@H]2O[C@@H]3C(CO)O[C@H](O[C@@H](CO)C(CO)O[C@@H](CO)O[C@@H]4C(CO)O[C@H](O[C@@H]5C(CO)OC(O[C@@H]6C(CO)O[C@H](O[C@@H]7C(CO)O[C@H](O[C@H]1C(O)[C@H]2O)C(O)[C@H]7O)C(O)[C@H]6O)C(O)[C@H]5O)[C@H](O)C4O)[C@H](O)C3O. The zero-order valence-electron chi connectivity index (χ0n) is 40.5. The first-order chi connectivity index (χ1) is 36.7. The standard InChI is InChI=1S/C42H72O35/c43-1-10-11(2-44)65-37-25(58)20(53)32(13(4-46)66-37)73-39-27(60)22(55)34(15(6-48)68-39)75-41-29(62)24(57)36(17(8-50)70-41)77-42-30(63)23(56)35(16(7-49)71-42)76-40-28(61)21(54)33(14(5-47)69-40)74-38-26(59)19(52)31(12(3-45)67-38)72-18(9-51)64-10/h10-63H,1-9H2/t10?,11-,12?,13?,14?,15?,16?,17?,18+,19?,20?,21+,22?,23+,24+,25+,26+,27+,28?,29?,30?,31+,32+,33+,34+,35+,36+,37-,38+,39+,40?,41+,42+/m0/s1. The van der Waals surface area contributed by atoms with Gasteiger partial charge in [0.15, 0.2) is 44.0 Å². The Morgan fingerprint density at radius 2 is 0.338 bits per heavy atom. The monoisotopic (exact) mass is 1140 g/mol. The first-order valence-electron chi connectivity index (χ1n) is 24.6. The van der Waals surface area contributed by atoms with Gasteiger partial charge in [0.2, 0.25) is 0 Å². The number of ether oxygens (including phenoxy) is 14. The van der Waals surface area contributed by atoms with Gasteiger partial charge >= 0.3 is 0 Å². The number of aliphatic hydroxyl groups excluding tert-OH is 21. The van der Waals surface area contributed by atoms with Crippen molar-refractivity contribution < 1.29 is 174 Å². The Bertz CT molecular complexity index is 1760. The molecule has 35 heteroatoms. The molecule has 17 fully saturated rings. The van der Waals surface area contributed by atoms with Crippen molar-refractivity contribution in [1.82, 2.24) is 0 Å². The van der Waals surface area contributed by atoms with Crippen LogP contribution in [0.3, 0.4) is 0 Å². The fraction of sp³-hybridized carbons (Fsp3) is 1.00. The summed E-state index contributed by atoms with van der Waals surface area (Å²) < 4.78 is 79.3. The lowest BCUT2D eigenvalue weighted by molar-refractivity contribution is -0.396. The maximum absolute atomic E-state index is 11.3. The molecule has 0 aromatic rings. The van der Waals surface area contributed by atoms with E-state index in [-0.39, 0.29) is 0 Å². The van der Waals surface area contributed by atoms with Crippen molar-refractivity contribution in [3.63, 3.8) is 0 Å². The predicted molar refractivity (Wildman–Crippen MR) is 231 cm³/mol. The molecule has 17 rings (SSSR count). The molecule has 17 heterocycles. The smallest absolute Gasteiger partial charge is 0.187 e. The van der Waals surface area contributed by atoms with Gasteiger partial charge in [-0.1, -0.05) is 0 Å². The quantitative estimate of drug-likeness (QED) is 0.102. The van der Waals surface area contributed by atoms with Crippen molar-refractivity contribution in [2.24, 2.45) is 0 Å². The van der Waals surface area contributed by atoms with Crippen LogP contribution in [-0.2, 0) is 66.3 Å². The molecule has 0 aromatic carbocycles. The van der Waals surface area contributed by atoms with E-state index in [0.29, 0.717) is 0 Å². The molecule has 35 nitrogen and oxygen atoms in total. The minimum atomic E-state index is -2.21. The van der Waals surface area contributed by atoms with Gasteiger partial charge in [-0.15, -0.1) is 0 Å². The van der Waals surface area contributed by atoms with E-state index < -0.39 is 262 Å². The van der Waals surface area contributed by atoms with Crippen molar-refractivity contribution in [2.45, 2.75) is 203 Å². The van der Waals surface area contributed by atoms with E-state index in [0.717, 1.165) is 0 Å². The van der Waals surface area contributed by atoms with Gasteiger partial charge in [-0.2, -0.15) is 0 Å². The van der Waals surface area contributed by atoms with Crippen LogP contribution in [-0.4, -0.2) is 369 Å². The van der Waals surface area contributed by atoms with Crippen molar-refractivity contribution in [2.75, 3.05) is 59.5 Å². The lowest BCUT2D eigenvalue weighted by Crippen LogP contribution is -2.68. The van der Waals surface area contributed by atoms with Gasteiger partial charge in [-0.3, -0.25) is 0 Å². The summed E-state index contributed by atoms with van der Waals surface area (Å²) in [5.74, 6) is 0. The van der Waals surface area contributed by atoms with Crippen LogP contribution in [0.2, 0.25) is 0 Å². The van der Waals surface area contributed by atoms with Crippen LogP contribution in [0.1, 0.15) is 0 Å².